The molecular formula is C14H18ClN3O3. The van der Waals surface area contributed by atoms with Gasteiger partial charge in [0, 0.05) is 18.7 Å². The predicted molar refractivity (Wildman–Crippen MR) is 81.9 cm³/mol. The quantitative estimate of drug-likeness (QED) is 0.903. The molecule has 7 heteroatoms. The molecule has 0 radical (unpaired) electrons. The van der Waals surface area contributed by atoms with Crippen molar-refractivity contribution < 1.29 is 13.9 Å². The number of benzene rings is 1. The second-order valence-electron chi connectivity index (χ2n) is 4.71. The average molecular weight is 312 g/mol. The largest absolute Gasteiger partial charge is 0.441 e. The summed E-state index contributed by atoms with van der Waals surface area (Å²) in [5.74, 6) is 0.606. The third-order valence-corrected chi connectivity index (χ3v) is 3.24. The number of nitrogens with one attached hydrogen (secondary N) is 2. The Kier molecular flexibility index (Phi) is 5.17. The zero-order valence-corrected chi connectivity index (χ0v) is 12.5. The van der Waals surface area contributed by atoms with E-state index in [-0.39, 0.29) is 24.4 Å². The first kappa shape index (κ1) is 15.8. The average Bonchev–Trinajstić information content (AvgIpc) is 2.90. The fourth-order valence-electron chi connectivity index (χ4n) is 2.17. The molecule has 0 bridgehead atoms. The Labute approximate surface area is 128 Å². The molecule has 0 aliphatic carbocycles. The minimum atomic E-state index is -0.303. The van der Waals surface area contributed by atoms with E-state index in [9.17, 15) is 4.79 Å². The molecule has 1 aliphatic rings. The van der Waals surface area contributed by atoms with Gasteiger partial charge in [-0.25, -0.2) is 4.98 Å². The monoisotopic (exact) mass is 311 g/mol. The minimum Gasteiger partial charge on any atom is -0.441 e. The maximum Gasteiger partial charge on any atom is 0.243 e. The maximum atomic E-state index is 12.1. The van der Waals surface area contributed by atoms with Crippen molar-refractivity contribution in [1.82, 2.24) is 10.3 Å². The van der Waals surface area contributed by atoms with Crippen LogP contribution in [0.3, 0.4) is 0 Å². The molecule has 1 saturated heterocycles. The Morgan fingerprint density at radius 2 is 2.38 bits per heavy atom. The number of rotatable bonds is 3. The normalized spacial score (nSPS) is 18.2. The number of aryl methyl sites for hydroxylation is 1. The van der Waals surface area contributed by atoms with E-state index in [0.29, 0.717) is 31.3 Å². The van der Waals surface area contributed by atoms with E-state index in [1.807, 2.05) is 25.1 Å². The van der Waals surface area contributed by atoms with Gasteiger partial charge in [0.15, 0.2) is 11.5 Å². The summed E-state index contributed by atoms with van der Waals surface area (Å²) in [5.41, 5.74) is 2.21. The van der Waals surface area contributed by atoms with E-state index in [2.05, 4.69) is 15.6 Å². The zero-order valence-electron chi connectivity index (χ0n) is 11.7. The Hall–Kier alpha value is -1.63. The fraction of sp³-hybridized carbons (Fsp3) is 0.429. The van der Waals surface area contributed by atoms with Crippen LogP contribution in [-0.4, -0.2) is 36.7 Å². The lowest BCUT2D eigenvalue weighted by atomic mass is 10.2. The van der Waals surface area contributed by atoms with Crippen LogP contribution in [0.15, 0.2) is 22.6 Å². The highest BCUT2D eigenvalue weighted by molar-refractivity contribution is 5.96. The van der Waals surface area contributed by atoms with Gasteiger partial charge >= 0.3 is 0 Å². The van der Waals surface area contributed by atoms with Crippen LogP contribution in [0.2, 0.25) is 0 Å². The topological polar surface area (TPSA) is 76.4 Å². The molecule has 6 nitrogen and oxygen atoms in total. The van der Waals surface area contributed by atoms with Gasteiger partial charge in [-0.2, -0.15) is 0 Å². The van der Waals surface area contributed by atoms with E-state index < -0.39 is 0 Å². The first-order valence-electron chi connectivity index (χ1n) is 6.77. The third-order valence-electron chi connectivity index (χ3n) is 3.24. The molecule has 1 unspecified atom stereocenters. The number of anilines is 1. The van der Waals surface area contributed by atoms with Crippen molar-refractivity contribution >= 4 is 35.1 Å². The van der Waals surface area contributed by atoms with Gasteiger partial charge in [-0.3, -0.25) is 4.79 Å². The first-order valence-corrected chi connectivity index (χ1v) is 6.77. The van der Waals surface area contributed by atoms with E-state index in [1.54, 1.807) is 0 Å². The summed E-state index contributed by atoms with van der Waals surface area (Å²) in [6.07, 6.45) is 0.750. The van der Waals surface area contributed by atoms with Gasteiger partial charge in [-0.15, -0.1) is 12.4 Å². The Morgan fingerprint density at radius 1 is 1.52 bits per heavy atom. The van der Waals surface area contributed by atoms with Gasteiger partial charge in [-0.05, 0) is 18.2 Å². The molecule has 21 heavy (non-hydrogen) atoms. The van der Waals surface area contributed by atoms with E-state index >= 15 is 0 Å². The highest BCUT2D eigenvalue weighted by atomic mass is 35.5. The molecule has 1 aromatic heterocycles. The highest BCUT2D eigenvalue weighted by Crippen LogP contribution is 2.20. The SMILES string of the molecule is CCc1nc2cc(NC(=O)C3COCCN3)ccc2o1.Cl. The molecule has 3 rings (SSSR count). The number of amides is 1. The van der Waals surface area contributed by atoms with E-state index in [0.717, 1.165) is 17.5 Å². The number of morpholine rings is 1. The second-order valence-corrected chi connectivity index (χ2v) is 4.71. The van der Waals surface area contributed by atoms with Crippen LogP contribution < -0.4 is 10.6 Å². The van der Waals surface area contributed by atoms with Crippen molar-refractivity contribution in [1.29, 1.82) is 0 Å². The first-order chi connectivity index (χ1) is 9.76. The summed E-state index contributed by atoms with van der Waals surface area (Å²) in [6, 6.07) is 5.15. The second kappa shape index (κ2) is 6.89. The standard InChI is InChI=1S/C14H17N3O3.ClH/c1-2-13-17-10-7-9(3-4-12(10)20-13)16-14(18)11-8-19-6-5-15-11;/h3-4,7,11,15H,2,5-6,8H2,1H3,(H,16,18);1H. The number of nitrogens with zero attached hydrogens (tertiary/aromatic N) is 1. The van der Waals surface area contributed by atoms with Crippen LogP contribution in [0.5, 0.6) is 0 Å². The van der Waals surface area contributed by atoms with Gasteiger partial charge in [0.05, 0.1) is 13.2 Å². The van der Waals surface area contributed by atoms with Crippen LogP contribution in [0.4, 0.5) is 5.69 Å². The molecule has 1 aromatic carbocycles. The number of oxazole rings is 1. The van der Waals surface area contributed by atoms with Crippen molar-refractivity contribution in [3.05, 3.63) is 24.1 Å². The maximum absolute atomic E-state index is 12.1. The summed E-state index contributed by atoms with van der Waals surface area (Å²) >= 11 is 0. The van der Waals surface area contributed by atoms with Crippen molar-refractivity contribution in [2.75, 3.05) is 25.1 Å². The molecular weight excluding hydrogens is 294 g/mol. The molecule has 2 aromatic rings. The molecule has 114 valence electrons. The third kappa shape index (κ3) is 3.53. The van der Waals surface area contributed by atoms with Crippen molar-refractivity contribution in [2.45, 2.75) is 19.4 Å². The van der Waals surface area contributed by atoms with Crippen LogP contribution >= 0.6 is 12.4 Å². The number of hydrogen-bond donors (Lipinski definition) is 2. The molecule has 0 spiro atoms. The number of carbonyl (C=O) groups excluding carboxylic acids is 1. The molecule has 1 atom stereocenters. The number of hydrogen-bond acceptors (Lipinski definition) is 5. The minimum absolute atomic E-state index is 0. The fourth-order valence-corrected chi connectivity index (χ4v) is 2.17. The molecule has 1 amide bonds. The predicted octanol–water partition coefficient (Wildman–Crippen LogP) is 1.74. The number of ether oxygens (including phenoxy) is 1. The van der Waals surface area contributed by atoms with Crippen LogP contribution in [-0.2, 0) is 16.0 Å². The summed E-state index contributed by atoms with van der Waals surface area (Å²) in [5, 5.41) is 5.99. The lowest BCUT2D eigenvalue weighted by Crippen LogP contribution is -2.48. The van der Waals surface area contributed by atoms with E-state index in [4.69, 9.17) is 9.15 Å². The highest BCUT2D eigenvalue weighted by Gasteiger charge is 2.21. The molecule has 1 fully saturated rings. The van der Waals surface area contributed by atoms with Gasteiger partial charge in [0.1, 0.15) is 11.6 Å². The number of fused-ring (bicyclic) bond motifs is 1. The number of aromatic nitrogens is 1. The van der Waals surface area contributed by atoms with Gasteiger partial charge in [0.2, 0.25) is 5.91 Å². The number of carbonyl (C=O) groups is 1. The lowest BCUT2D eigenvalue weighted by Gasteiger charge is -2.22. The summed E-state index contributed by atoms with van der Waals surface area (Å²) < 4.78 is 10.8. The lowest BCUT2D eigenvalue weighted by molar-refractivity contribution is -0.120. The Morgan fingerprint density at radius 3 is 3.10 bits per heavy atom. The van der Waals surface area contributed by atoms with Gasteiger partial charge in [0.25, 0.3) is 0 Å². The summed E-state index contributed by atoms with van der Waals surface area (Å²) in [6.45, 7) is 3.73. The van der Waals surface area contributed by atoms with Crippen LogP contribution in [0.1, 0.15) is 12.8 Å². The number of halogens is 1. The smallest absolute Gasteiger partial charge is 0.243 e. The molecule has 2 N–H and O–H groups in total. The summed E-state index contributed by atoms with van der Waals surface area (Å²) in [4.78, 5) is 16.4. The van der Waals surface area contributed by atoms with Crippen molar-refractivity contribution in [3.63, 3.8) is 0 Å². The van der Waals surface area contributed by atoms with Crippen molar-refractivity contribution in [3.8, 4) is 0 Å². The summed E-state index contributed by atoms with van der Waals surface area (Å²) in [7, 11) is 0. The van der Waals surface area contributed by atoms with Crippen LogP contribution in [0.25, 0.3) is 11.1 Å². The van der Waals surface area contributed by atoms with Gasteiger partial charge < -0.3 is 19.8 Å². The van der Waals surface area contributed by atoms with Crippen LogP contribution in [0, 0.1) is 0 Å². The Balaban J connectivity index is 0.00000161. The zero-order chi connectivity index (χ0) is 13.9. The molecule has 2 heterocycles. The van der Waals surface area contributed by atoms with E-state index in [1.165, 1.54) is 0 Å². The molecule has 0 saturated carbocycles. The van der Waals surface area contributed by atoms with Gasteiger partial charge in [-0.1, -0.05) is 6.92 Å². The molecule has 1 aliphatic heterocycles. The van der Waals surface area contributed by atoms with Crippen molar-refractivity contribution in [2.24, 2.45) is 0 Å². The Bertz CT molecular complexity index is 623.